The summed E-state index contributed by atoms with van der Waals surface area (Å²) in [5.74, 6) is 0. The maximum absolute atomic E-state index is 12.5. The highest BCUT2D eigenvalue weighted by Gasteiger charge is 2.22. The summed E-state index contributed by atoms with van der Waals surface area (Å²) < 4.78 is 28.1. The number of para-hydroxylation sites is 1. The molecule has 0 aliphatic carbocycles. The van der Waals surface area contributed by atoms with E-state index in [-0.39, 0.29) is 26.9 Å². The molecule has 9 heteroatoms. The number of thiazole rings is 1. The Morgan fingerprint density at radius 1 is 1.11 bits per heavy atom. The van der Waals surface area contributed by atoms with Gasteiger partial charge < -0.3 is 4.57 Å². The van der Waals surface area contributed by atoms with Crippen LogP contribution in [0.1, 0.15) is 0 Å². The molecule has 0 fully saturated rings. The first-order valence-electron chi connectivity index (χ1n) is 7.77. The summed E-state index contributed by atoms with van der Waals surface area (Å²) in [6, 6.07) is 14.7. The SMILES string of the molecule is Br.CN(C)S(=O)(=O)c1cc(-c2cs/c(=N/c3ccccc3)n2C)ccc1Cl. The van der Waals surface area contributed by atoms with Crippen molar-refractivity contribution in [3.8, 4) is 11.3 Å². The summed E-state index contributed by atoms with van der Waals surface area (Å²) in [6.45, 7) is 0. The molecule has 0 unspecified atom stereocenters. The molecule has 0 bridgehead atoms. The lowest BCUT2D eigenvalue weighted by molar-refractivity contribution is 0.521. The van der Waals surface area contributed by atoms with Crippen molar-refractivity contribution in [2.24, 2.45) is 12.0 Å². The van der Waals surface area contributed by atoms with E-state index in [9.17, 15) is 8.42 Å². The second-order valence-corrected chi connectivity index (χ2v) is 9.21. The van der Waals surface area contributed by atoms with Gasteiger partial charge in [0.05, 0.1) is 16.4 Å². The maximum Gasteiger partial charge on any atom is 0.244 e. The normalized spacial score (nSPS) is 12.3. The summed E-state index contributed by atoms with van der Waals surface area (Å²) in [5, 5.41) is 2.16. The number of rotatable bonds is 4. The van der Waals surface area contributed by atoms with Crippen molar-refractivity contribution in [1.82, 2.24) is 8.87 Å². The maximum atomic E-state index is 12.5. The van der Waals surface area contributed by atoms with Gasteiger partial charge in [0.1, 0.15) is 4.90 Å². The Hall–Kier alpha value is -1.45. The van der Waals surface area contributed by atoms with Crippen LogP contribution in [0, 0.1) is 0 Å². The largest absolute Gasteiger partial charge is 0.320 e. The quantitative estimate of drug-likeness (QED) is 0.544. The van der Waals surface area contributed by atoms with Crippen molar-refractivity contribution in [3.05, 3.63) is 63.7 Å². The van der Waals surface area contributed by atoms with Crippen molar-refractivity contribution in [1.29, 1.82) is 0 Å². The first-order valence-corrected chi connectivity index (χ1v) is 10.5. The lowest BCUT2D eigenvalue weighted by atomic mass is 10.2. The third-order valence-corrected chi connectivity index (χ3v) is 7.10. The Morgan fingerprint density at radius 3 is 2.41 bits per heavy atom. The minimum Gasteiger partial charge on any atom is -0.320 e. The van der Waals surface area contributed by atoms with Gasteiger partial charge in [-0.2, -0.15) is 0 Å². The fraction of sp³-hybridized carbons (Fsp3) is 0.167. The van der Waals surface area contributed by atoms with E-state index in [4.69, 9.17) is 11.6 Å². The number of halogens is 2. The van der Waals surface area contributed by atoms with Gasteiger partial charge in [0.2, 0.25) is 10.0 Å². The molecule has 0 saturated heterocycles. The van der Waals surface area contributed by atoms with Crippen LogP contribution in [0.5, 0.6) is 0 Å². The zero-order valence-corrected chi connectivity index (χ0v) is 19.1. The molecule has 0 saturated carbocycles. The molecule has 0 spiro atoms. The minimum atomic E-state index is -3.62. The molecule has 27 heavy (non-hydrogen) atoms. The van der Waals surface area contributed by atoms with Crippen LogP contribution in [0.25, 0.3) is 11.3 Å². The number of aromatic nitrogens is 1. The molecule has 0 radical (unpaired) electrons. The van der Waals surface area contributed by atoms with Crippen molar-refractivity contribution in [2.75, 3.05) is 14.1 Å². The van der Waals surface area contributed by atoms with E-state index in [0.717, 1.165) is 26.1 Å². The Bertz CT molecular complexity index is 1110. The molecular formula is C18H19BrClN3O2S2. The van der Waals surface area contributed by atoms with Crippen LogP contribution in [0.3, 0.4) is 0 Å². The molecule has 0 N–H and O–H groups in total. The van der Waals surface area contributed by atoms with Crippen molar-refractivity contribution < 1.29 is 8.42 Å². The molecule has 0 aliphatic heterocycles. The smallest absolute Gasteiger partial charge is 0.244 e. The Labute approximate surface area is 178 Å². The predicted molar refractivity (Wildman–Crippen MR) is 117 cm³/mol. The predicted octanol–water partition coefficient (Wildman–Crippen LogP) is 4.47. The van der Waals surface area contributed by atoms with Crippen molar-refractivity contribution >= 4 is 55.6 Å². The van der Waals surface area contributed by atoms with Gasteiger partial charge in [-0.1, -0.05) is 35.9 Å². The Kier molecular flexibility index (Phi) is 7.04. The van der Waals surface area contributed by atoms with Crippen LogP contribution in [-0.4, -0.2) is 31.4 Å². The van der Waals surface area contributed by atoms with Crippen molar-refractivity contribution in [3.63, 3.8) is 0 Å². The second-order valence-electron chi connectivity index (χ2n) is 5.84. The number of hydrogen-bond donors (Lipinski definition) is 0. The minimum absolute atomic E-state index is 0. The molecule has 2 aromatic carbocycles. The molecule has 3 aromatic rings. The average molecular weight is 489 g/mol. The Morgan fingerprint density at radius 2 is 1.78 bits per heavy atom. The standard InChI is InChI=1S/C18H18ClN3O2S2.BrH/c1-21(2)26(23,24)17-11-13(9-10-15(17)19)16-12-25-18(22(16)3)20-14-7-5-4-6-8-14;/h4-12H,1-3H3;1H/b20-18+;. The fourth-order valence-electron chi connectivity index (χ4n) is 2.40. The lowest BCUT2D eigenvalue weighted by Crippen LogP contribution is -2.22. The zero-order chi connectivity index (χ0) is 18.9. The summed E-state index contributed by atoms with van der Waals surface area (Å²) in [5.41, 5.74) is 2.50. The van der Waals surface area contributed by atoms with Gasteiger partial charge >= 0.3 is 0 Å². The van der Waals surface area contributed by atoms with E-state index in [1.54, 1.807) is 12.1 Å². The number of benzene rings is 2. The van der Waals surface area contributed by atoms with Gasteiger partial charge in [0.15, 0.2) is 4.80 Å². The molecule has 0 amide bonds. The topological polar surface area (TPSA) is 54.7 Å². The monoisotopic (exact) mass is 487 g/mol. The van der Waals surface area contributed by atoms with E-state index in [1.165, 1.54) is 25.4 Å². The highest BCUT2D eigenvalue weighted by Crippen LogP contribution is 2.29. The van der Waals surface area contributed by atoms with E-state index < -0.39 is 10.0 Å². The third-order valence-electron chi connectivity index (χ3n) is 3.89. The van der Waals surface area contributed by atoms with Gasteiger partial charge in [-0.3, -0.25) is 0 Å². The van der Waals surface area contributed by atoms with E-state index in [2.05, 4.69) is 4.99 Å². The number of nitrogens with zero attached hydrogens (tertiary/aromatic N) is 3. The van der Waals surface area contributed by atoms with Gasteiger partial charge in [0.25, 0.3) is 0 Å². The molecule has 144 valence electrons. The first-order chi connectivity index (χ1) is 12.3. The van der Waals surface area contributed by atoms with Crippen LogP contribution in [0.2, 0.25) is 5.02 Å². The second kappa shape index (κ2) is 8.70. The van der Waals surface area contributed by atoms with Crippen LogP contribution < -0.4 is 4.80 Å². The molecular weight excluding hydrogens is 470 g/mol. The zero-order valence-electron chi connectivity index (χ0n) is 15.0. The molecule has 3 rings (SSSR count). The van der Waals surface area contributed by atoms with Crippen LogP contribution in [0.4, 0.5) is 5.69 Å². The molecule has 0 atom stereocenters. The molecule has 0 aliphatic rings. The Balaban J connectivity index is 0.00000261. The number of hydrogen-bond acceptors (Lipinski definition) is 4. The molecule has 1 aromatic heterocycles. The highest BCUT2D eigenvalue weighted by atomic mass is 79.9. The van der Waals surface area contributed by atoms with Gasteiger partial charge in [-0.15, -0.1) is 28.3 Å². The lowest BCUT2D eigenvalue weighted by Gasteiger charge is -2.14. The van der Waals surface area contributed by atoms with Crippen molar-refractivity contribution in [2.45, 2.75) is 4.90 Å². The highest BCUT2D eigenvalue weighted by molar-refractivity contribution is 8.93. The van der Waals surface area contributed by atoms with E-state index >= 15 is 0 Å². The van der Waals surface area contributed by atoms with Gasteiger partial charge in [0, 0.05) is 32.1 Å². The third kappa shape index (κ3) is 4.52. The first kappa shape index (κ1) is 21.8. The van der Waals surface area contributed by atoms with Crippen LogP contribution in [0.15, 0.2) is 63.8 Å². The summed E-state index contributed by atoms with van der Waals surface area (Å²) >= 11 is 7.63. The van der Waals surface area contributed by atoms with Crippen LogP contribution >= 0.6 is 39.9 Å². The summed E-state index contributed by atoms with van der Waals surface area (Å²) in [4.78, 5) is 5.54. The molecule has 1 heterocycles. The van der Waals surface area contributed by atoms with Gasteiger partial charge in [-0.05, 0) is 24.3 Å². The van der Waals surface area contributed by atoms with E-state index in [0.29, 0.717) is 0 Å². The van der Waals surface area contributed by atoms with E-state index in [1.807, 2.05) is 53.4 Å². The summed E-state index contributed by atoms with van der Waals surface area (Å²) in [6.07, 6.45) is 0. The fourth-order valence-corrected chi connectivity index (χ4v) is 4.72. The van der Waals surface area contributed by atoms with Crippen LogP contribution in [-0.2, 0) is 17.1 Å². The average Bonchev–Trinajstić information content (AvgIpc) is 2.97. The summed E-state index contributed by atoms with van der Waals surface area (Å²) in [7, 11) is 1.26. The number of sulfonamides is 1. The van der Waals surface area contributed by atoms with Gasteiger partial charge in [-0.25, -0.2) is 17.7 Å². The molecule has 5 nitrogen and oxygen atoms in total.